The lowest BCUT2D eigenvalue weighted by molar-refractivity contribution is 0.469. The zero-order valence-electron chi connectivity index (χ0n) is 6.99. The van der Waals surface area contributed by atoms with Crippen molar-refractivity contribution < 1.29 is 13.5 Å². The van der Waals surface area contributed by atoms with Crippen LogP contribution in [0.5, 0.6) is 5.75 Å². The first-order valence-electron chi connectivity index (χ1n) is 3.53. The van der Waals surface area contributed by atoms with E-state index in [1.54, 1.807) is 12.1 Å². The molecule has 1 rings (SSSR count). The smallest absolute Gasteiger partial charge is 0.151 e. The van der Waals surface area contributed by atoms with E-state index in [-0.39, 0.29) is 11.5 Å². The number of halogens is 1. The molecule has 0 unspecified atom stereocenters. The summed E-state index contributed by atoms with van der Waals surface area (Å²) in [5.74, 6) is -0.133. The van der Waals surface area contributed by atoms with Crippen molar-refractivity contribution in [2.24, 2.45) is 0 Å². The Hall–Kier alpha value is -0.550. The van der Waals surface area contributed by atoms with Gasteiger partial charge in [-0.15, -0.1) is 0 Å². The molecular weight excluding hydrogens is 256 g/mol. The summed E-state index contributed by atoms with van der Waals surface area (Å²) in [7, 11) is -3.09. The van der Waals surface area contributed by atoms with E-state index >= 15 is 0 Å². The predicted molar refractivity (Wildman–Crippen MR) is 54.4 cm³/mol. The van der Waals surface area contributed by atoms with Crippen molar-refractivity contribution in [1.29, 1.82) is 0 Å². The number of hydrogen-bond acceptors (Lipinski definition) is 3. The summed E-state index contributed by atoms with van der Waals surface area (Å²) in [6.45, 7) is 0. The molecule has 0 fully saturated rings. The van der Waals surface area contributed by atoms with Gasteiger partial charge in [-0.2, -0.15) is 0 Å². The second-order valence-corrected chi connectivity index (χ2v) is 5.90. The van der Waals surface area contributed by atoms with Crippen LogP contribution in [0.4, 0.5) is 0 Å². The van der Waals surface area contributed by atoms with Gasteiger partial charge in [0.2, 0.25) is 0 Å². The zero-order valence-corrected chi connectivity index (χ0v) is 9.39. The van der Waals surface area contributed by atoms with Crippen LogP contribution in [0, 0.1) is 0 Å². The Morgan fingerprint density at radius 3 is 2.54 bits per heavy atom. The lowest BCUT2D eigenvalue weighted by Crippen LogP contribution is -2.00. The van der Waals surface area contributed by atoms with Crippen molar-refractivity contribution in [3.05, 3.63) is 28.2 Å². The molecule has 0 saturated heterocycles. The third-order valence-corrected chi connectivity index (χ3v) is 2.79. The topological polar surface area (TPSA) is 54.4 Å². The van der Waals surface area contributed by atoms with E-state index in [2.05, 4.69) is 15.9 Å². The fourth-order valence-electron chi connectivity index (χ4n) is 0.942. The van der Waals surface area contributed by atoms with Crippen molar-refractivity contribution in [1.82, 2.24) is 0 Å². The molecule has 72 valence electrons. The highest BCUT2D eigenvalue weighted by molar-refractivity contribution is 9.10. The number of sulfone groups is 1. The number of phenols is 1. The average molecular weight is 265 g/mol. The van der Waals surface area contributed by atoms with E-state index in [9.17, 15) is 13.5 Å². The molecule has 1 aromatic carbocycles. The van der Waals surface area contributed by atoms with Gasteiger partial charge in [-0.1, -0.05) is 22.0 Å². The van der Waals surface area contributed by atoms with Gasteiger partial charge in [-0.3, -0.25) is 0 Å². The molecule has 0 saturated carbocycles. The molecule has 0 aliphatic rings. The van der Waals surface area contributed by atoms with Gasteiger partial charge in [0.15, 0.2) is 9.84 Å². The molecule has 3 nitrogen and oxygen atoms in total. The summed E-state index contributed by atoms with van der Waals surface area (Å²) in [6.07, 6.45) is 1.13. The number of phenolic OH excluding ortho intramolecular Hbond substituents is 1. The highest BCUT2D eigenvalue weighted by Crippen LogP contribution is 2.23. The number of rotatable bonds is 2. The minimum absolute atomic E-state index is 0.000185. The summed E-state index contributed by atoms with van der Waals surface area (Å²) < 4.78 is 22.6. The van der Waals surface area contributed by atoms with Gasteiger partial charge in [0.1, 0.15) is 5.75 Å². The van der Waals surface area contributed by atoms with Crippen LogP contribution in [-0.4, -0.2) is 19.8 Å². The van der Waals surface area contributed by atoms with Crippen molar-refractivity contribution in [3.8, 4) is 5.75 Å². The molecule has 0 spiro atoms. The molecule has 5 heteroatoms. The Kier molecular flexibility index (Phi) is 2.98. The lowest BCUT2D eigenvalue weighted by Gasteiger charge is -2.02. The van der Waals surface area contributed by atoms with Crippen LogP contribution >= 0.6 is 15.9 Å². The molecule has 0 aromatic heterocycles. The van der Waals surface area contributed by atoms with E-state index in [0.717, 1.165) is 10.7 Å². The molecule has 0 heterocycles. The van der Waals surface area contributed by atoms with Gasteiger partial charge in [0.25, 0.3) is 0 Å². The van der Waals surface area contributed by atoms with Gasteiger partial charge in [-0.25, -0.2) is 8.42 Å². The van der Waals surface area contributed by atoms with Crippen molar-refractivity contribution in [2.45, 2.75) is 5.75 Å². The molecule has 0 radical (unpaired) electrons. The molecule has 0 bridgehead atoms. The molecule has 0 amide bonds. The fraction of sp³-hybridized carbons (Fsp3) is 0.250. The maximum absolute atomic E-state index is 10.9. The largest absolute Gasteiger partial charge is 0.508 e. The van der Waals surface area contributed by atoms with Crippen molar-refractivity contribution in [2.75, 3.05) is 6.26 Å². The molecule has 1 aromatic rings. The first kappa shape index (κ1) is 10.5. The molecular formula is C8H9BrO3S. The second-order valence-electron chi connectivity index (χ2n) is 2.84. The third kappa shape index (κ3) is 3.36. The maximum Gasteiger partial charge on any atom is 0.151 e. The van der Waals surface area contributed by atoms with E-state index < -0.39 is 9.84 Å². The SMILES string of the molecule is CS(=O)(=O)Cc1ccc(Br)cc1O. The van der Waals surface area contributed by atoms with E-state index in [4.69, 9.17) is 0 Å². The standard InChI is InChI=1S/C8H9BrO3S/c1-13(11,12)5-6-2-3-7(9)4-8(6)10/h2-4,10H,5H2,1H3. The normalized spacial score (nSPS) is 11.5. The molecule has 0 atom stereocenters. The number of benzene rings is 1. The second kappa shape index (κ2) is 3.67. The highest BCUT2D eigenvalue weighted by atomic mass is 79.9. The summed E-state index contributed by atoms with van der Waals surface area (Å²) in [5.41, 5.74) is 0.422. The Balaban J connectivity index is 3.04. The van der Waals surface area contributed by atoms with Crippen LogP contribution in [0.3, 0.4) is 0 Å². The molecule has 1 N–H and O–H groups in total. The Bertz CT molecular complexity index is 411. The maximum atomic E-state index is 10.9. The van der Waals surface area contributed by atoms with Crippen LogP contribution in [-0.2, 0) is 15.6 Å². The summed E-state index contributed by atoms with van der Waals surface area (Å²) >= 11 is 3.17. The van der Waals surface area contributed by atoms with E-state index in [0.29, 0.717) is 5.56 Å². The molecule has 13 heavy (non-hydrogen) atoms. The minimum Gasteiger partial charge on any atom is -0.508 e. The zero-order chi connectivity index (χ0) is 10.1. The highest BCUT2D eigenvalue weighted by Gasteiger charge is 2.08. The number of hydrogen-bond donors (Lipinski definition) is 1. The van der Waals surface area contributed by atoms with Crippen molar-refractivity contribution in [3.63, 3.8) is 0 Å². The van der Waals surface area contributed by atoms with Gasteiger partial charge < -0.3 is 5.11 Å². The van der Waals surface area contributed by atoms with Crippen LogP contribution in [0.1, 0.15) is 5.56 Å². The Labute approximate surface area is 85.4 Å². The van der Waals surface area contributed by atoms with Gasteiger partial charge in [0.05, 0.1) is 5.75 Å². The van der Waals surface area contributed by atoms with Crippen LogP contribution in [0.2, 0.25) is 0 Å². The third-order valence-electron chi connectivity index (χ3n) is 1.47. The lowest BCUT2D eigenvalue weighted by atomic mass is 10.2. The van der Waals surface area contributed by atoms with E-state index in [1.165, 1.54) is 6.07 Å². The molecule has 0 aliphatic heterocycles. The van der Waals surface area contributed by atoms with Gasteiger partial charge >= 0.3 is 0 Å². The predicted octanol–water partition coefficient (Wildman–Crippen LogP) is 1.70. The first-order chi connectivity index (χ1) is 5.88. The molecule has 0 aliphatic carbocycles. The fourth-order valence-corrected chi connectivity index (χ4v) is 2.10. The van der Waals surface area contributed by atoms with Crippen LogP contribution in [0.25, 0.3) is 0 Å². The van der Waals surface area contributed by atoms with Gasteiger partial charge in [0, 0.05) is 16.3 Å². The summed E-state index contributed by atoms with van der Waals surface area (Å²) in [4.78, 5) is 0. The van der Waals surface area contributed by atoms with Crippen LogP contribution < -0.4 is 0 Å². The van der Waals surface area contributed by atoms with E-state index in [1.807, 2.05) is 0 Å². The Morgan fingerprint density at radius 2 is 2.08 bits per heavy atom. The average Bonchev–Trinajstić information content (AvgIpc) is 1.93. The number of aromatic hydroxyl groups is 1. The first-order valence-corrected chi connectivity index (χ1v) is 6.39. The van der Waals surface area contributed by atoms with Gasteiger partial charge in [-0.05, 0) is 12.1 Å². The Morgan fingerprint density at radius 1 is 1.46 bits per heavy atom. The minimum atomic E-state index is -3.09. The van der Waals surface area contributed by atoms with Crippen LogP contribution in [0.15, 0.2) is 22.7 Å². The summed E-state index contributed by atoms with van der Waals surface area (Å²) in [5, 5.41) is 9.36. The monoisotopic (exact) mass is 264 g/mol. The quantitative estimate of drug-likeness (QED) is 0.885. The van der Waals surface area contributed by atoms with Crippen molar-refractivity contribution >= 4 is 25.8 Å². The summed E-state index contributed by atoms with van der Waals surface area (Å²) in [6, 6.07) is 4.75.